The first-order valence-corrected chi connectivity index (χ1v) is 6.45. The van der Waals surface area contributed by atoms with Crippen LogP contribution in [-0.4, -0.2) is 16.8 Å². The van der Waals surface area contributed by atoms with E-state index in [0.29, 0.717) is 5.69 Å². The molecule has 2 aromatic carbocycles. The largest absolute Gasteiger partial charge is 0.507 e. The van der Waals surface area contributed by atoms with Crippen molar-refractivity contribution in [2.45, 2.75) is 19.9 Å². The van der Waals surface area contributed by atoms with Crippen molar-refractivity contribution in [2.75, 3.05) is 11.9 Å². The highest BCUT2D eigenvalue weighted by Gasteiger charge is 2.14. The zero-order chi connectivity index (χ0) is 14.7. The van der Waals surface area contributed by atoms with Gasteiger partial charge in [0.05, 0.1) is 18.3 Å². The molecule has 0 fully saturated rings. The molecule has 0 heterocycles. The molecule has 3 nitrogen and oxygen atoms in total. The number of anilines is 1. The van der Waals surface area contributed by atoms with E-state index in [0.717, 1.165) is 16.7 Å². The minimum absolute atomic E-state index is 0.169. The number of hydrogen-bond acceptors (Lipinski definition) is 3. The van der Waals surface area contributed by atoms with Crippen molar-refractivity contribution >= 4 is 5.69 Å². The van der Waals surface area contributed by atoms with Crippen LogP contribution in [0.15, 0.2) is 36.4 Å². The third-order valence-electron chi connectivity index (χ3n) is 3.30. The number of phenolic OH excluding ortho intramolecular Hbond substituents is 1. The van der Waals surface area contributed by atoms with Crippen molar-refractivity contribution in [2.24, 2.45) is 0 Å². The minimum atomic E-state index is -0.426. The first kappa shape index (κ1) is 14.3. The van der Waals surface area contributed by atoms with E-state index < -0.39 is 6.04 Å². The molecule has 3 N–H and O–H groups in total. The van der Waals surface area contributed by atoms with Crippen LogP contribution in [0.2, 0.25) is 0 Å². The summed E-state index contributed by atoms with van der Waals surface area (Å²) in [5, 5.41) is 22.3. The molecule has 0 saturated carbocycles. The Hall–Kier alpha value is -2.07. The van der Waals surface area contributed by atoms with Crippen molar-refractivity contribution in [1.29, 1.82) is 0 Å². The van der Waals surface area contributed by atoms with E-state index in [1.807, 2.05) is 0 Å². The molecule has 4 heteroatoms. The lowest BCUT2D eigenvalue weighted by Gasteiger charge is -2.20. The summed E-state index contributed by atoms with van der Waals surface area (Å²) >= 11 is 0. The smallest absolute Gasteiger partial charge is 0.146 e. The Labute approximate surface area is 117 Å². The summed E-state index contributed by atoms with van der Waals surface area (Å²) in [7, 11) is 0. The zero-order valence-corrected chi connectivity index (χ0v) is 11.5. The van der Waals surface area contributed by atoms with Crippen LogP contribution in [0.3, 0.4) is 0 Å². The van der Waals surface area contributed by atoms with Gasteiger partial charge in [0, 0.05) is 0 Å². The van der Waals surface area contributed by atoms with Crippen molar-refractivity contribution in [1.82, 2.24) is 0 Å². The summed E-state index contributed by atoms with van der Waals surface area (Å²) in [5.74, 6) is -0.116. The summed E-state index contributed by atoms with van der Waals surface area (Å²) in [4.78, 5) is 0. The molecule has 0 amide bonds. The summed E-state index contributed by atoms with van der Waals surface area (Å²) in [6, 6.07) is 9.48. The second-order valence-electron chi connectivity index (χ2n) is 4.86. The standard InChI is InChI=1S/C16H18FNO2/c1-10-7-12(8-11(2)16(10)20)15(9-19)18-14-6-4-3-5-13(14)17/h3-8,15,18-20H,9H2,1-2H3. The van der Waals surface area contributed by atoms with Gasteiger partial charge in [0.25, 0.3) is 0 Å². The quantitative estimate of drug-likeness (QED) is 0.802. The van der Waals surface area contributed by atoms with Gasteiger partial charge < -0.3 is 15.5 Å². The van der Waals surface area contributed by atoms with E-state index in [1.54, 1.807) is 44.2 Å². The van der Waals surface area contributed by atoms with Crippen LogP contribution in [0.4, 0.5) is 10.1 Å². The number of phenols is 1. The Morgan fingerprint density at radius 2 is 1.75 bits per heavy atom. The predicted octanol–water partition coefficient (Wildman–Crippen LogP) is 3.29. The Bertz CT molecular complexity index is 590. The third kappa shape index (κ3) is 2.91. The number of para-hydroxylation sites is 1. The first-order valence-electron chi connectivity index (χ1n) is 6.45. The van der Waals surface area contributed by atoms with Gasteiger partial charge in [-0.1, -0.05) is 24.3 Å². The number of nitrogens with one attached hydrogen (secondary N) is 1. The Kier molecular flexibility index (Phi) is 4.25. The number of rotatable bonds is 4. The maximum absolute atomic E-state index is 13.6. The van der Waals surface area contributed by atoms with Gasteiger partial charge in [0.2, 0.25) is 0 Å². The van der Waals surface area contributed by atoms with Crippen LogP contribution in [0, 0.1) is 19.7 Å². The van der Waals surface area contributed by atoms with Crippen molar-refractivity contribution in [3.63, 3.8) is 0 Å². The monoisotopic (exact) mass is 275 g/mol. The Balaban J connectivity index is 2.31. The van der Waals surface area contributed by atoms with Gasteiger partial charge in [-0.15, -0.1) is 0 Å². The minimum Gasteiger partial charge on any atom is -0.507 e. The van der Waals surface area contributed by atoms with E-state index in [-0.39, 0.29) is 18.2 Å². The van der Waals surface area contributed by atoms with E-state index in [2.05, 4.69) is 5.32 Å². The van der Waals surface area contributed by atoms with Crippen LogP contribution in [0.5, 0.6) is 5.75 Å². The van der Waals surface area contributed by atoms with Gasteiger partial charge >= 0.3 is 0 Å². The molecule has 0 aliphatic heterocycles. The van der Waals surface area contributed by atoms with Gasteiger partial charge in [-0.2, -0.15) is 0 Å². The van der Waals surface area contributed by atoms with Crippen LogP contribution in [0.1, 0.15) is 22.7 Å². The van der Waals surface area contributed by atoms with Gasteiger partial charge in [-0.3, -0.25) is 0 Å². The lowest BCUT2D eigenvalue weighted by Crippen LogP contribution is -2.16. The number of benzene rings is 2. The zero-order valence-electron chi connectivity index (χ0n) is 11.5. The topological polar surface area (TPSA) is 52.5 Å². The fourth-order valence-electron chi connectivity index (χ4n) is 2.19. The molecular formula is C16H18FNO2. The maximum Gasteiger partial charge on any atom is 0.146 e. The third-order valence-corrected chi connectivity index (χ3v) is 3.30. The van der Waals surface area contributed by atoms with Gasteiger partial charge in [-0.05, 0) is 42.7 Å². The summed E-state index contributed by atoms with van der Waals surface area (Å²) in [6.45, 7) is 3.42. The molecule has 2 aromatic rings. The maximum atomic E-state index is 13.6. The Morgan fingerprint density at radius 1 is 1.15 bits per heavy atom. The van der Waals surface area contributed by atoms with Gasteiger partial charge in [-0.25, -0.2) is 4.39 Å². The fraction of sp³-hybridized carbons (Fsp3) is 0.250. The van der Waals surface area contributed by atoms with Crippen molar-refractivity contribution in [3.8, 4) is 5.75 Å². The number of aromatic hydroxyl groups is 1. The highest BCUT2D eigenvalue weighted by Crippen LogP contribution is 2.28. The van der Waals surface area contributed by atoms with Crippen molar-refractivity contribution in [3.05, 3.63) is 58.9 Å². The molecular weight excluding hydrogens is 257 g/mol. The fourth-order valence-corrected chi connectivity index (χ4v) is 2.19. The molecule has 0 radical (unpaired) electrons. The lowest BCUT2D eigenvalue weighted by molar-refractivity contribution is 0.276. The van der Waals surface area contributed by atoms with Crippen LogP contribution in [0.25, 0.3) is 0 Å². The lowest BCUT2D eigenvalue weighted by atomic mass is 10.0. The van der Waals surface area contributed by atoms with E-state index in [1.165, 1.54) is 6.07 Å². The molecule has 0 saturated heterocycles. The van der Waals surface area contributed by atoms with Crippen LogP contribution in [-0.2, 0) is 0 Å². The second kappa shape index (κ2) is 5.92. The average molecular weight is 275 g/mol. The summed E-state index contributed by atoms with van der Waals surface area (Å²) < 4.78 is 13.6. The van der Waals surface area contributed by atoms with Gasteiger partial charge in [0.15, 0.2) is 0 Å². The molecule has 0 bridgehead atoms. The predicted molar refractivity (Wildman–Crippen MR) is 77.4 cm³/mol. The SMILES string of the molecule is Cc1cc(C(CO)Nc2ccccc2F)cc(C)c1O. The normalized spacial score (nSPS) is 12.2. The molecule has 2 rings (SSSR count). The summed E-state index contributed by atoms with van der Waals surface area (Å²) in [6.07, 6.45) is 0. The molecule has 0 spiro atoms. The summed E-state index contributed by atoms with van der Waals surface area (Å²) in [5.41, 5.74) is 2.61. The molecule has 0 aliphatic rings. The van der Waals surface area contributed by atoms with Gasteiger partial charge in [0.1, 0.15) is 11.6 Å². The Morgan fingerprint density at radius 3 is 2.30 bits per heavy atom. The van der Waals surface area contributed by atoms with E-state index >= 15 is 0 Å². The number of aliphatic hydroxyl groups is 1. The number of aliphatic hydroxyl groups excluding tert-OH is 1. The molecule has 20 heavy (non-hydrogen) atoms. The van der Waals surface area contributed by atoms with E-state index in [4.69, 9.17) is 0 Å². The van der Waals surface area contributed by atoms with E-state index in [9.17, 15) is 14.6 Å². The number of aryl methyl sites for hydroxylation is 2. The second-order valence-corrected chi connectivity index (χ2v) is 4.86. The number of halogens is 1. The molecule has 0 aliphatic carbocycles. The highest BCUT2D eigenvalue weighted by atomic mass is 19.1. The average Bonchev–Trinajstić information content (AvgIpc) is 2.43. The molecule has 106 valence electrons. The van der Waals surface area contributed by atoms with Crippen LogP contribution >= 0.6 is 0 Å². The molecule has 0 aromatic heterocycles. The van der Waals surface area contributed by atoms with Crippen molar-refractivity contribution < 1.29 is 14.6 Å². The molecule has 1 unspecified atom stereocenters. The highest BCUT2D eigenvalue weighted by molar-refractivity contribution is 5.49. The molecule has 1 atom stereocenters. The van der Waals surface area contributed by atoms with Crippen LogP contribution < -0.4 is 5.32 Å². The number of hydrogen-bond donors (Lipinski definition) is 3. The first-order chi connectivity index (χ1) is 9.52.